The van der Waals surface area contributed by atoms with E-state index < -0.39 is 0 Å². The average Bonchev–Trinajstić information content (AvgIpc) is 3.15. The van der Waals surface area contributed by atoms with E-state index in [1.54, 1.807) is 12.3 Å². The van der Waals surface area contributed by atoms with E-state index in [1.165, 1.54) is 11.6 Å². The van der Waals surface area contributed by atoms with Gasteiger partial charge in [0.05, 0.1) is 11.3 Å². The average molecular weight is 374 g/mol. The molecule has 0 saturated heterocycles. The summed E-state index contributed by atoms with van der Waals surface area (Å²) in [7, 11) is 1.99. The van der Waals surface area contributed by atoms with Gasteiger partial charge in [0.15, 0.2) is 5.76 Å². The lowest BCUT2D eigenvalue weighted by Crippen LogP contribution is -2.09. The van der Waals surface area contributed by atoms with Gasteiger partial charge in [-0.25, -0.2) is 4.98 Å². The number of anilines is 1. The van der Waals surface area contributed by atoms with Crippen LogP contribution in [0.2, 0.25) is 0 Å². The van der Waals surface area contributed by atoms with E-state index in [4.69, 9.17) is 10.3 Å². The molecule has 2 aromatic heterocycles. The number of carbonyl (C=O) groups is 1. The molecule has 0 spiro atoms. The standard InChI is InChI=1S/C22H22N4O2/c1-26(12-3-2-4-13-27)16-18-9-7-17(8-10-18)14-19-15-21(28-25-19)20-6-5-11-24-22(20)23/h2-13,15H,14,16H2,1H3,(H2,23,24)/b4-2-,12-3-. The number of pyridine rings is 1. The van der Waals surface area contributed by atoms with Crippen LogP contribution in [0.5, 0.6) is 0 Å². The summed E-state index contributed by atoms with van der Waals surface area (Å²) in [6.45, 7) is 0.778. The molecule has 0 atom stereocenters. The molecular weight excluding hydrogens is 352 g/mol. The highest BCUT2D eigenvalue weighted by atomic mass is 16.5. The van der Waals surface area contributed by atoms with Gasteiger partial charge in [0.2, 0.25) is 0 Å². The summed E-state index contributed by atoms with van der Waals surface area (Å²) >= 11 is 0. The Morgan fingerprint density at radius 3 is 2.64 bits per heavy atom. The van der Waals surface area contributed by atoms with Gasteiger partial charge in [0.1, 0.15) is 12.1 Å². The number of carbonyl (C=O) groups excluding carboxylic acids is 1. The van der Waals surface area contributed by atoms with Crippen LogP contribution in [0.15, 0.2) is 77.6 Å². The molecule has 6 nitrogen and oxygen atoms in total. The summed E-state index contributed by atoms with van der Waals surface area (Å²) < 4.78 is 5.42. The van der Waals surface area contributed by atoms with Crippen molar-refractivity contribution in [3.63, 3.8) is 0 Å². The number of nitrogens with two attached hydrogens (primary N) is 1. The zero-order valence-corrected chi connectivity index (χ0v) is 15.7. The Hall–Kier alpha value is -3.67. The molecular formula is C22H22N4O2. The van der Waals surface area contributed by atoms with Crippen LogP contribution < -0.4 is 5.73 Å². The number of benzene rings is 1. The van der Waals surface area contributed by atoms with Crippen LogP contribution in [0.25, 0.3) is 11.3 Å². The van der Waals surface area contributed by atoms with Gasteiger partial charge in [-0.1, -0.05) is 35.5 Å². The van der Waals surface area contributed by atoms with Gasteiger partial charge in [-0.3, -0.25) is 4.79 Å². The summed E-state index contributed by atoms with van der Waals surface area (Å²) in [6.07, 6.45) is 10.00. The maximum Gasteiger partial charge on any atom is 0.170 e. The van der Waals surface area contributed by atoms with Crippen LogP contribution in [0.1, 0.15) is 16.8 Å². The molecule has 28 heavy (non-hydrogen) atoms. The highest BCUT2D eigenvalue weighted by molar-refractivity contribution is 5.69. The molecule has 142 valence electrons. The number of hydrogen-bond acceptors (Lipinski definition) is 6. The predicted molar refractivity (Wildman–Crippen MR) is 109 cm³/mol. The van der Waals surface area contributed by atoms with Gasteiger partial charge < -0.3 is 15.2 Å². The van der Waals surface area contributed by atoms with Gasteiger partial charge in [0, 0.05) is 32.3 Å². The molecule has 6 heteroatoms. The molecule has 3 rings (SSSR count). The Morgan fingerprint density at radius 2 is 1.89 bits per heavy atom. The van der Waals surface area contributed by atoms with E-state index >= 15 is 0 Å². The highest BCUT2D eigenvalue weighted by Gasteiger charge is 2.10. The van der Waals surface area contributed by atoms with Crippen molar-refractivity contribution in [2.45, 2.75) is 13.0 Å². The van der Waals surface area contributed by atoms with E-state index in [0.717, 1.165) is 29.7 Å². The Kier molecular flexibility index (Phi) is 6.36. The van der Waals surface area contributed by atoms with Gasteiger partial charge >= 0.3 is 0 Å². The zero-order chi connectivity index (χ0) is 19.8. The minimum absolute atomic E-state index is 0.425. The monoisotopic (exact) mass is 374 g/mol. The van der Waals surface area contributed by atoms with Crippen molar-refractivity contribution >= 4 is 12.1 Å². The van der Waals surface area contributed by atoms with Crippen LogP contribution in [0.3, 0.4) is 0 Å². The Morgan fingerprint density at radius 1 is 1.11 bits per heavy atom. The van der Waals surface area contributed by atoms with Crippen LogP contribution >= 0.6 is 0 Å². The molecule has 0 radical (unpaired) electrons. The number of hydrogen-bond donors (Lipinski definition) is 1. The van der Waals surface area contributed by atoms with Crippen molar-refractivity contribution in [3.8, 4) is 11.3 Å². The van der Waals surface area contributed by atoms with E-state index in [0.29, 0.717) is 18.0 Å². The number of rotatable bonds is 8. The molecule has 0 aliphatic carbocycles. The van der Waals surface area contributed by atoms with Gasteiger partial charge in [-0.2, -0.15) is 0 Å². The highest BCUT2D eigenvalue weighted by Crippen LogP contribution is 2.25. The van der Waals surface area contributed by atoms with Gasteiger partial charge in [-0.05, 0) is 41.6 Å². The first-order valence-corrected chi connectivity index (χ1v) is 8.89. The van der Waals surface area contributed by atoms with Crippen molar-refractivity contribution in [1.29, 1.82) is 0 Å². The topological polar surface area (TPSA) is 85.2 Å². The fourth-order valence-corrected chi connectivity index (χ4v) is 2.77. The summed E-state index contributed by atoms with van der Waals surface area (Å²) in [5.74, 6) is 1.05. The molecule has 0 saturated carbocycles. The fourth-order valence-electron chi connectivity index (χ4n) is 2.77. The van der Waals surface area contributed by atoms with Crippen molar-refractivity contribution in [2.75, 3.05) is 12.8 Å². The maximum absolute atomic E-state index is 10.2. The third-order valence-corrected chi connectivity index (χ3v) is 4.14. The second kappa shape index (κ2) is 9.32. The third kappa shape index (κ3) is 5.17. The van der Waals surface area contributed by atoms with Crippen molar-refractivity contribution in [3.05, 3.63) is 89.9 Å². The Labute approximate surface area is 164 Å². The zero-order valence-electron chi connectivity index (χ0n) is 15.7. The molecule has 3 aromatic rings. The minimum atomic E-state index is 0.425. The Bertz CT molecular complexity index is 974. The first kappa shape index (κ1) is 19.1. The van der Waals surface area contributed by atoms with Crippen LogP contribution in [-0.4, -0.2) is 28.4 Å². The van der Waals surface area contributed by atoms with Crippen molar-refractivity contribution < 1.29 is 9.32 Å². The lowest BCUT2D eigenvalue weighted by Gasteiger charge is -2.13. The SMILES string of the molecule is CN(/C=C\C=C/C=O)Cc1ccc(Cc2cc(-c3cccnc3N)on2)cc1. The van der Waals surface area contributed by atoms with E-state index in [1.807, 2.05) is 42.4 Å². The predicted octanol–water partition coefficient (Wildman–Crippen LogP) is 3.61. The summed E-state index contributed by atoms with van der Waals surface area (Å²) in [6, 6.07) is 13.9. The van der Waals surface area contributed by atoms with E-state index in [9.17, 15) is 4.79 Å². The lowest BCUT2D eigenvalue weighted by molar-refractivity contribution is -0.104. The number of aldehydes is 1. The van der Waals surface area contributed by atoms with Crippen molar-refractivity contribution in [2.24, 2.45) is 0 Å². The molecule has 2 heterocycles. The second-order valence-electron chi connectivity index (χ2n) is 6.39. The summed E-state index contributed by atoms with van der Waals surface area (Å²) in [5.41, 5.74) is 9.82. The lowest BCUT2D eigenvalue weighted by atomic mass is 10.1. The summed E-state index contributed by atoms with van der Waals surface area (Å²) in [4.78, 5) is 16.4. The second-order valence-corrected chi connectivity index (χ2v) is 6.39. The minimum Gasteiger partial charge on any atom is -0.383 e. The molecule has 2 N–H and O–H groups in total. The van der Waals surface area contributed by atoms with E-state index in [2.05, 4.69) is 34.4 Å². The Balaban J connectivity index is 1.60. The van der Waals surface area contributed by atoms with Crippen LogP contribution in [0.4, 0.5) is 5.82 Å². The first-order chi connectivity index (χ1) is 13.7. The van der Waals surface area contributed by atoms with Crippen LogP contribution in [-0.2, 0) is 17.8 Å². The smallest absolute Gasteiger partial charge is 0.170 e. The molecule has 0 aliphatic heterocycles. The molecule has 0 amide bonds. The number of aromatic nitrogens is 2. The van der Waals surface area contributed by atoms with Crippen molar-refractivity contribution in [1.82, 2.24) is 15.0 Å². The molecule has 0 unspecified atom stereocenters. The molecule has 0 aliphatic rings. The normalized spacial score (nSPS) is 11.3. The molecule has 0 bridgehead atoms. The third-order valence-electron chi connectivity index (χ3n) is 4.14. The number of nitrogens with zero attached hydrogens (tertiary/aromatic N) is 3. The van der Waals surface area contributed by atoms with E-state index in [-0.39, 0.29) is 0 Å². The van der Waals surface area contributed by atoms with Crippen LogP contribution in [0, 0.1) is 0 Å². The fraction of sp³-hybridized carbons (Fsp3) is 0.136. The number of allylic oxidation sites excluding steroid dienone is 3. The molecule has 0 fully saturated rings. The largest absolute Gasteiger partial charge is 0.383 e. The molecule has 1 aromatic carbocycles. The number of nitrogen functional groups attached to an aromatic ring is 1. The van der Waals surface area contributed by atoms with Gasteiger partial charge in [0.25, 0.3) is 0 Å². The summed E-state index contributed by atoms with van der Waals surface area (Å²) in [5, 5.41) is 4.14. The maximum atomic E-state index is 10.2. The first-order valence-electron chi connectivity index (χ1n) is 8.89. The van der Waals surface area contributed by atoms with Gasteiger partial charge in [-0.15, -0.1) is 0 Å². The quantitative estimate of drug-likeness (QED) is 0.368.